The van der Waals surface area contributed by atoms with Gasteiger partial charge in [0.15, 0.2) is 0 Å². The number of nitrogens with one attached hydrogen (secondary N) is 1. The number of aromatic amines is 1. The van der Waals surface area contributed by atoms with E-state index >= 15 is 0 Å². The number of nitrogens with two attached hydrogens (primary N) is 2. The van der Waals surface area contributed by atoms with Crippen LogP contribution in [0, 0.1) is 5.82 Å². The molecule has 1 aromatic heterocycles. The van der Waals surface area contributed by atoms with Gasteiger partial charge >= 0.3 is 0 Å². The second-order valence-electron chi connectivity index (χ2n) is 6.71. The van der Waals surface area contributed by atoms with Crippen LogP contribution in [0.4, 0.5) is 15.8 Å². The van der Waals surface area contributed by atoms with Crippen LogP contribution in [0.25, 0.3) is 21.9 Å². The zero-order chi connectivity index (χ0) is 20.5. The molecular weight excluding hydrogens is 371 g/mol. The van der Waals surface area contributed by atoms with Crippen molar-refractivity contribution in [2.45, 2.75) is 6.42 Å². The van der Waals surface area contributed by atoms with Crippen LogP contribution in [-0.2, 0) is 6.42 Å². The summed E-state index contributed by atoms with van der Waals surface area (Å²) in [7, 11) is 1.48. The van der Waals surface area contributed by atoms with Crippen molar-refractivity contribution in [1.29, 1.82) is 0 Å². The molecule has 0 saturated carbocycles. The third kappa shape index (κ3) is 3.38. The van der Waals surface area contributed by atoms with Crippen LogP contribution in [0.2, 0.25) is 0 Å². The first-order valence-electron chi connectivity index (χ1n) is 8.96. The van der Waals surface area contributed by atoms with Crippen LogP contribution in [0.5, 0.6) is 5.75 Å². The molecule has 6 nitrogen and oxygen atoms in total. The number of halogens is 1. The number of fused-ring (bicyclic) bond motifs is 1. The number of H-pyrrole nitrogens is 1. The Balaban J connectivity index is 1.85. The molecule has 146 valence electrons. The molecule has 0 bridgehead atoms. The van der Waals surface area contributed by atoms with E-state index in [1.807, 2.05) is 12.1 Å². The topological polar surface area (TPSA) is 107 Å². The third-order valence-corrected chi connectivity index (χ3v) is 4.90. The fourth-order valence-corrected chi connectivity index (χ4v) is 3.38. The minimum Gasteiger partial charge on any atom is -0.496 e. The second-order valence-corrected chi connectivity index (χ2v) is 6.71. The standard InChI is InChI=1S/C22H19FN4O2/c1-29-21-11-17(23)16(12-6-7-18(24)19(25)9-12)8-13(21)10-20-14-4-2-3-5-15(14)22(28)27-26-20/h2-9,11H,10,24-25H2,1H3,(H,27,28). The van der Waals surface area contributed by atoms with Crippen molar-refractivity contribution in [1.82, 2.24) is 10.2 Å². The lowest BCUT2D eigenvalue weighted by Crippen LogP contribution is -2.11. The van der Waals surface area contributed by atoms with Gasteiger partial charge in [-0.05, 0) is 29.8 Å². The Morgan fingerprint density at radius 2 is 1.79 bits per heavy atom. The first-order chi connectivity index (χ1) is 14.0. The number of hydrogen-bond donors (Lipinski definition) is 3. The lowest BCUT2D eigenvalue weighted by Gasteiger charge is -2.14. The predicted octanol–water partition coefficient (Wildman–Crippen LogP) is 3.49. The molecule has 29 heavy (non-hydrogen) atoms. The summed E-state index contributed by atoms with van der Waals surface area (Å²) >= 11 is 0. The van der Waals surface area contributed by atoms with Gasteiger partial charge in [-0.15, -0.1) is 0 Å². The van der Waals surface area contributed by atoms with E-state index in [2.05, 4.69) is 10.2 Å². The van der Waals surface area contributed by atoms with Gasteiger partial charge in [-0.3, -0.25) is 4.79 Å². The molecule has 0 amide bonds. The van der Waals surface area contributed by atoms with Gasteiger partial charge in [0.05, 0.1) is 29.6 Å². The number of ether oxygens (including phenoxy) is 1. The molecule has 0 saturated heterocycles. The molecule has 3 aromatic carbocycles. The zero-order valence-electron chi connectivity index (χ0n) is 15.7. The SMILES string of the molecule is COc1cc(F)c(-c2ccc(N)c(N)c2)cc1Cc1n[nH]c(=O)c2ccccc12. The average Bonchev–Trinajstić information content (AvgIpc) is 2.73. The minimum atomic E-state index is -0.436. The molecule has 0 aliphatic heterocycles. The minimum absolute atomic E-state index is 0.256. The molecule has 1 heterocycles. The Hall–Kier alpha value is -3.87. The predicted molar refractivity (Wildman–Crippen MR) is 112 cm³/mol. The van der Waals surface area contributed by atoms with E-state index < -0.39 is 5.82 Å². The van der Waals surface area contributed by atoms with Crippen LogP contribution in [0.3, 0.4) is 0 Å². The van der Waals surface area contributed by atoms with Crippen LogP contribution in [0.1, 0.15) is 11.3 Å². The summed E-state index contributed by atoms with van der Waals surface area (Å²) in [6.07, 6.45) is 0.345. The summed E-state index contributed by atoms with van der Waals surface area (Å²) in [5.74, 6) is -0.0409. The first kappa shape index (κ1) is 18.5. The van der Waals surface area contributed by atoms with Crippen molar-refractivity contribution in [3.05, 3.63) is 82.0 Å². The van der Waals surface area contributed by atoms with Gasteiger partial charge in [0, 0.05) is 29.0 Å². The Morgan fingerprint density at radius 1 is 1.03 bits per heavy atom. The van der Waals surface area contributed by atoms with Gasteiger partial charge in [-0.2, -0.15) is 5.10 Å². The van der Waals surface area contributed by atoms with Crippen molar-refractivity contribution in [3.8, 4) is 16.9 Å². The van der Waals surface area contributed by atoms with Gasteiger partial charge in [0.2, 0.25) is 0 Å². The summed E-state index contributed by atoms with van der Waals surface area (Å²) in [6, 6.07) is 15.3. The lowest BCUT2D eigenvalue weighted by molar-refractivity contribution is 0.407. The summed E-state index contributed by atoms with van der Waals surface area (Å²) in [6.45, 7) is 0. The van der Waals surface area contributed by atoms with Gasteiger partial charge < -0.3 is 16.2 Å². The maximum absolute atomic E-state index is 14.8. The van der Waals surface area contributed by atoms with Gasteiger partial charge in [-0.25, -0.2) is 9.49 Å². The quantitative estimate of drug-likeness (QED) is 0.463. The van der Waals surface area contributed by atoms with E-state index in [0.717, 1.165) is 10.9 Å². The highest BCUT2D eigenvalue weighted by Gasteiger charge is 2.15. The highest BCUT2D eigenvalue weighted by molar-refractivity contribution is 5.84. The second kappa shape index (κ2) is 7.27. The van der Waals surface area contributed by atoms with E-state index in [0.29, 0.717) is 45.8 Å². The summed E-state index contributed by atoms with van der Waals surface area (Å²) in [5.41, 5.74) is 14.6. The Kier molecular flexibility index (Phi) is 4.64. The average molecular weight is 390 g/mol. The maximum atomic E-state index is 14.8. The van der Waals surface area contributed by atoms with Crippen molar-refractivity contribution < 1.29 is 9.13 Å². The number of hydrogen-bond acceptors (Lipinski definition) is 5. The maximum Gasteiger partial charge on any atom is 0.272 e. The molecule has 7 heteroatoms. The van der Waals surface area contributed by atoms with Crippen molar-refractivity contribution in [3.63, 3.8) is 0 Å². The molecule has 0 spiro atoms. The Labute approximate surface area is 165 Å². The highest BCUT2D eigenvalue weighted by Crippen LogP contribution is 2.33. The number of aromatic nitrogens is 2. The van der Waals surface area contributed by atoms with E-state index in [4.69, 9.17) is 16.2 Å². The molecular formula is C22H19FN4O2. The molecule has 0 unspecified atom stereocenters. The fourth-order valence-electron chi connectivity index (χ4n) is 3.38. The van der Waals surface area contributed by atoms with Crippen LogP contribution >= 0.6 is 0 Å². The van der Waals surface area contributed by atoms with Crippen molar-refractivity contribution in [2.24, 2.45) is 0 Å². The van der Waals surface area contributed by atoms with Crippen molar-refractivity contribution >= 4 is 22.1 Å². The van der Waals surface area contributed by atoms with Gasteiger partial charge in [0.25, 0.3) is 5.56 Å². The zero-order valence-corrected chi connectivity index (χ0v) is 15.7. The molecule has 0 atom stereocenters. The molecule has 4 rings (SSSR count). The number of anilines is 2. The monoisotopic (exact) mass is 390 g/mol. The van der Waals surface area contributed by atoms with Crippen LogP contribution < -0.4 is 21.8 Å². The summed E-state index contributed by atoms with van der Waals surface area (Å²) in [4.78, 5) is 12.0. The number of rotatable bonds is 4. The third-order valence-electron chi connectivity index (χ3n) is 4.90. The number of nitrogens with zero attached hydrogens (tertiary/aromatic N) is 1. The number of benzene rings is 3. The highest BCUT2D eigenvalue weighted by atomic mass is 19.1. The lowest BCUT2D eigenvalue weighted by atomic mass is 9.97. The largest absolute Gasteiger partial charge is 0.496 e. The van der Waals surface area contributed by atoms with E-state index in [1.165, 1.54) is 13.2 Å². The Bertz CT molecular complexity index is 1280. The summed E-state index contributed by atoms with van der Waals surface area (Å²) in [5, 5.41) is 8.01. The molecule has 0 fully saturated rings. The Morgan fingerprint density at radius 3 is 2.52 bits per heavy atom. The molecule has 0 aliphatic rings. The van der Waals surface area contributed by atoms with Crippen LogP contribution in [-0.4, -0.2) is 17.3 Å². The van der Waals surface area contributed by atoms with Crippen molar-refractivity contribution in [2.75, 3.05) is 18.6 Å². The normalized spacial score (nSPS) is 11.0. The van der Waals surface area contributed by atoms with E-state index in [1.54, 1.807) is 36.4 Å². The number of nitrogen functional groups attached to an aromatic ring is 2. The summed E-state index contributed by atoms with van der Waals surface area (Å²) < 4.78 is 20.1. The smallest absolute Gasteiger partial charge is 0.272 e. The molecule has 4 aromatic rings. The molecule has 0 radical (unpaired) electrons. The van der Waals surface area contributed by atoms with Gasteiger partial charge in [0.1, 0.15) is 11.6 Å². The number of methoxy groups -OCH3 is 1. The molecule has 5 N–H and O–H groups in total. The van der Waals surface area contributed by atoms with E-state index in [9.17, 15) is 9.18 Å². The van der Waals surface area contributed by atoms with Crippen LogP contribution in [0.15, 0.2) is 59.4 Å². The first-order valence-corrected chi connectivity index (χ1v) is 8.96. The van der Waals surface area contributed by atoms with Gasteiger partial charge in [-0.1, -0.05) is 24.3 Å². The molecule has 0 aliphatic carbocycles. The van der Waals surface area contributed by atoms with E-state index in [-0.39, 0.29) is 5.56 Å². The fraction of sp³-hybridized carbons (Fsp3) is 0.0909.